The Bertz CT molecular complexity index is 645. The molecular formula is C13H17N3O2S. The number of rotatable bonds is 5. The summed E-state index contributed by atoms with van der Waals surface area (Å²) in [5, 5.41) is 8.29. The second kappa shape index (κ2) is 5.46. The van der Waals surface area contributed by atoms with Gasteiger partial charge in [-0.3, -0.25) is 0 Å². The number of aryl methyl sites for hydroxylation is 1. The molecule has 0 atom stereocenters. The molecule has 2 rings (SSSR count). The minimum Gasteiger partial charge on any atom is -0.379 e. The third kappa shape index (κ3) is 3.36. The number of nitrogens with one attached hydrogen (secondary N) is 1. The predicted octanol–water partition coefficient (Wildman–Crippen LogP) is 1.77. The number of anilines is 1. The molecule has 1 aromatic carbocycles. The van der Waals surface area contributed by atoms with Gasteiger partial charge in [0.1, 0.15) is 0 Å². The van der Waals surface area contributed by atoms with Crippen LogP contribution in [0.15, 0.2) is 47.5 Å². The van der Waals surface area contributed by atoms with Crippen LogP contribution in [0.1, 0.15) is 12.6 Å². The molecule has 19 heavy (non-hydrogen) atoms. The Morgan fingerprint density at radius 2 is 1.89 bits per heavy atom. The second-order valence-corrected chi connectivity index (χ2v) is 5.77. The summed E-state index contributed by atoms with van der Waals surface area (Å²) >= 11 is 0. The van der Waals surface area contributed by atoms with Crippen molar-refractivity contribution in [1.82, 2.24) is 4.57 Å². The van der Waals surface area contributed by atoms with Gasteiger partial charge in [0, 0.05) is 24.1 Å². The molecule has 0 fully saturated rings. The number of aromatic nitrogens is 1. The van der Waals surface area contributed by atoms with Crippen LogP contribution in [0.4, 0.5) is 5.69 Å². The zero-order valence-corrected chi connectivity index (χ0v) is 11.5. The zero-order chi connectivity index (χ0) is 13.9. The van der Waals surface area contributed by atoms with E-state index in [-0.39, 0.29) is 4.90 Å². The first-order valence-electron chi connectivity index (χ1n) is 6.01. The third-order valence-corrected chi connectivity index (χ3v) is 3.85. The van der Waals surface area contributed by atoms with E-state index < -0.39 is 10.0 Å². The Labute approximate surface area is 113 Å². The zero-order valence-electron chi connectivity index (χ0n) is 10.7. The molecule has 0 unspecified atom stereocenters. The lowest BCUT2D eigenvalue weighted by atomic mass is 10.3. The fraction of sp³-hybridized carbons (Fsp3) is 0.231. The van der Waals surface area contributed by atoms with Crippen molar-refractivity contribution in [2.75, 3.05) is 5.32 Å². The molecule has 0 aliphatic heterocycles. The van der Waals surface area contributed by atoms with Crippen molar-refractivity contribution < 1.29 is 8.42 Å². The highest BCUT2D eigenvalue weighted by atomic mass is 32.2. The van der Waals surface area contributed by atoms with Gasteiger partial charge in [-0.1, -0.05) is 0 Å². The van der Waals surface area contributed by atoms with Gasteiger partial charge in [0.2, 0.25) is 10.0 Å². The number of hydrogen-bond donors (Lipinski definition) is 2. The van der Waals surface area contributed by atoms with E-state index in [1.54, 1.807) is 12.1 Å². The van der Waals surface area contributed by atoms with Crippen LogP contribution in [0.3, 0.4) is 0 Å². The standard InChI is InChI=1S/C13H17N3O2S/c1-2-16-9-3-4-12(16)10-15-11-5-7-13(8-6-11)19(14,17)18/h3-9,15H,2,10H2,1H3,(H2,14,17,18). The van der Waals surface area contributed by atoms with Crippen LogP contribution in [-0.2, 0) is 23.1 Å². The van der Waals surface area contributed by atoms with Crippen LogP contribution >= 0.6 is 0 Å². The Kier molecular flexibility index (Phi) is 3.92. The molecule has 1 heterocycles. The summed E-state index contributed by atoms with van der Waals surface area (Å²) in [5.41, 5.74) is 2.04. The van der Waals surface area contributed by atoms with Crippen LogP contribution in [0.5, 0.6) is 0 Å². The SMILES string of the molecule is CCn1cccc1CNc1ccc(S(N)(=O)=O)cc1. The van der Waals surface area contributed by atoms with E-state index >= 15 is 0 Å². The second-order valence-electron chi connectivity index (χ2n) is 4.21. The van der Waals surface area contributed by atoms with E-state index in [9.17, 15) is 8.42 Å². The van der Waals surface area contributed by atoms with Crippen molar-refractivity contribution in [2.24, 2.45) is 5.14 Å². The van der Waals surface area contributed by atoms with Crippen molar-refractivity contribution in [2.45, 2.75) is 24.9 Å². The van der Waals surface area contributed by atoms with Crippen molar-refractivity contribution in [3.05, 3.63) is 48.3 Å². The largest absolute Gasteiger partial charge is 0.379 e. The Hall–Kier alpha value is -1.79. The minimum atomic E-state index is -3.62. The maximum absolute atomic E-state index is 11.1. The number of sulfonamides is 1. The normalized spacial score (nSPS) is 11.5. The van der Waals surface area contributed by atoms with Gasteiger partial charge >= 0.3 is 0 Å². The summed E-state index contributed by atoms with van der Waals surface area (Å²) < 4.78 is 24.4. The monoisotopic (exact) mass is 279 g/mol. The van der Waals surface area contributed by atoms with Crippen LogP contribution < -0.4 is 10.5 Å². The number of hydrogen-bond acceptors (Lipinski definition) is 3. The first kappa shape index (κ1) is 13.6. The maximum atomic E-state index is 11.1. The Morgan fingerprint density at radius 3 is 2.47 bits per heavy atom. The number of nitrogens with zero attached hydrogens (tertiary/aromatic N) is 1. The van der Waals surface area contributed by atoms with Gasteiger partial charge in [-0.25, -0.2) is 13.6 Å². The maximum Gasteiger partial charge on any atom is 0.238 e. The predicted molar refractivity (Wildman–Crippen MR) is 75.2 cm³/mol. The van der Waals surface area contributed by atoms with Gasteiger partial charge in [-0.2, -0.15) is 0 Å². The quantitative estimate of drug-likeness (QED) is 0.875. The van der Waals surface area contributed by atoms with Crippen molar-refractivity contribution >= 4 is 15.7 Å². The van der Waals surface area contributed by atoms with Crippen molar-refractivity contribution in [1.29, 1.82) is 0 Å². The Balaban J connectivity index is 2.05. The van der Waals surface area contributed by atoms with Crippen LogP contribution in [-0.4, -0.2) is 13.0 Å². The van der Waals surface area contributed by atoms with Crippen molar-refractivity contribution in [3.8, 4) is 0 Å². The highest BCUT2D eigenvalue weighted by Gasteiger charge is 2.06. The molecular weight excluding hydrogens is 262 g/mol. The van der Waals surface area contributed by atoms with E-state index in [4.69, 9.17) is 5.14 Å². The third-order valence-electron chi connectivity index (χ3n) is 2.92. The fourth-order valence-electron chi connectivity index (χ4n) is 1.87. The van der Waals surface area contributed by atoms with Gasteiger partial charge in [-0.05, 0) is 43.3 Å². The van der Waals surface area contributed by atoms with E-state index in [0.717, 1.165) is 12.2 Å². The smallest absolute Gasteiger partial charge is 0.238 e. The van der Waals surface area contributed by atoms with Gasteiger partial charge in [0.25, 0.3) is 0 Å². The summed E-state index contributed by atoms with van der Waals surface area (Å²) in [6, 6.07) is 10.5. The molecule has 0 saturated carbocycles. The fourth-order valence-corrected chi connectivity index (χ4v) is 2.39. The molecule has 0 radical (unpaired) electrons. The van der Waals surface area contributed by atoms with Gasteiger partial charge in [0.15, 0.2) is 0 Å². The van der Waals surface area contributed by atoms with Gasteiger partial charge < -0.3 is 9.88 Å². The summed E-state index contributed by atoms with van der Waals surface area (Å²) in [4.78, 5) is 0.120. The molecule has 102 valence electrons. The summed E-state index contributed by atoms with van der Waals surface area (Å²) in [6.45, 7) is 3.70. The molecule has 2 aromatic rings. The average Bonchev–Trinajstić information content (AvgIpc) is 2.83. The molecule has 6 heteroatoms. The van der Waals surface area contributed by atoms with Crippen molar-refractivity contribution in [3.63, 3.8) is 0 Å². The molecule has 0 aliphatic rings. The topological polar surface area (TPSA) is 77.1 Å². The van der Waals surface area contributed by atoms with Crippen LogP contribution in [0.25, 0.3) is 0 Å². The summed E-state index contributed by atoms with van der Waals surface area (Å²) in [7, 11) is -3.62. The molecule has 0 spiro atoms. The van der Waals surface area contributed by atoms with E-state index in [1.165, 1.54) is 17.8 Å². The van der Waals surface area contributed by atoms with E-state index in [1.807, 2.05) is 12.3 Å². The molecule has 1 aromatic heterocycles. The molecule has 0 aliphatic carbocycles. The number of nitrogens with two attached hydrogens (primary N) is 1. The van der Waals surface area contributed by atoms with Crippen LogP contribution in [0.2, 0.25) is 0 Å². The van der Waals surface area contributed by atoms with E-state index in [0.29, 0.717) is 6.54 Å². The molecule has 3 N–H and O–H groups in total. The summed E-state index contributed by atoms with van der Waals surface area (Å²) in [5.74, 6) is 0. The van der Waals surface area contributed by atoms with Gasteiger partial charge in [0.05, 0.1) is 11.4 Å². The molecule has 0 amide bonds. The van der Waals surface area contributed by atoms with Crippen LogP contribution in [0, 0.1) is 0 Å². The van der Waals surface area contributed by atoms with E-state index in [2.05, 4.69) is 22.9 Å². The minimum absolute atomic E-state index is 0.120. The number of primary sulfonamides is 1. The lowest BCUT2D eigenvalue weighted by Gasteiger charge is -2.09. The molecule has 0 bridgehead atoms. The lowest BCUT2D eigenvalue weighted by molar-refractivity contribution is 0.598. The molecule has 0 saturated heterocycles. The highest BCUT2D eigenvalue weighted by molar-refractivity contribution is 7.89. The average molecular weight is 279 g/mol. The summed E-state index contributed by atoms with van der Waals surface area (Å²) in [6.07, 6.45) is 2.03. The first-order chi connectivity index (χ1) is 9.00. The lowest BCUT2D eigenvalue weighted by Crippen LogP contribution is -2.12. The first-order valence-corrected chi connectivity index (χ1v) is 7.56. The highest BCUT2D eigenvalue weighted by Crippen LogP contribution is 2.14. The van der Waals surface area contributed by atoms with Gasteiger partial charge in [-0.15, -0.1) is 0 Å². The number of benzene rings is 1. The Morgan fingerprint density at radius 1 is 1.21 bits per heavy atom. The molecule has 5 nitrogen and oxygen atoms in total.